The van der Waals surface area contributed by atoms with Crippen molar-refractivity contribution in [2.24, 2.45) is 0 Å². The van der Waals surface area contributed by atoms with Gasteiger partial charge in [0.2, 0.25) is 5.16 Å². The van der Waals surface area contributed by atoms with Crippen molar-refractivity contribution >= 4 is 39.8 Å². The van der Waals surface area contributed by atoms with Crippen LogP contribution in [0.4, 0.5) is 4.39 Å². The number of thioether (sulfide) groups is 1. The van der Waals surface area contributed by atoms with Crippen molar-refractivity contribution in [3.05, 3.63) is 59.9 Å². The maximum absolute atomic E-state index is 13.9. The molecule has 0 unspecified atom stereocenters. The third kappa shape index (κ3) is 4.37. The lowest BCUT2D eigenvalue weighted by Gasteiger charge is -2.07. The number of carboxylic acid groups (broad SMARTS) is 1. The van der Waals surface area contributed by atoms with E-state index in [1.807, 2.05) is 34.9 Å². The fourth-order valence-electron chi connectivity index (χ4n) is 3.24. The topological polar surface area (TPSA) is 80.9 Å². The summed E-state index contributed by atoms with van der Waals surface area (Å²) in [6.07, 6.45) is 1.54. The number of carbonyl (C=O) groups is 1. The third-order valence-electron chi connectivity index (χ3n) is 4.61. The first-order chi connectivity index (χ1) is 14.1. The molecule has 0 amide bonds. The maximum atomic E-state index is 13.9. The largest absolute Gasteiger partial charge is 0.481 e. The number of benzene rings is 2. The number of carboxylic acids is 1. The zero-order chi connectivity index (χ0) is 20.2. The molecule has 29 heavy (non-hydrogen) atoms. The molecule has 0 aliphatic carbocycles. The number of nitrogens with zero attached hydrogens (tertiary/aromatic N) is 4. The number of aliphatic carboxylic acids is 1. The number of fused-ring (bicyclic) bond motifs is 3. The van der Waals surface area contributed by atoms with Crippen molar-refractivity contribution in [3.63, 3.8) is 0 Å². The molecule has 4 aromatic rings. The molecule has 148 valence electrons. The van der Waals surface area contributed by atoms with Crippen LogP contribution in [0, 0.1) is 5.82 Å². The van der Waals surface area contributed by atoms with Crippen LogP contribution >= 0.6 is 11.8 Å². The lowest BCUT2D eigenvalue weighted by Crippen LogP contribution is -2.02. The van der Waals surface area contributed by atoms with Gasteiger partial charge < -0.3 is 9.67 Å². The number of unbranched alkanes of at least 4 members (excludes halogenated alkanes) is 1. The summed E-state index contributed by atoms with van der Waals surface area (Å²) in [7, 11) is 0. The molecule has 2 aromatic carbocycles. The van der Waals surface area contributed by atoms with E-state index in [0.29, 0.717) is 40.4 Å². The highest BCUT2D eigenvalue weighted by Gasteiger charge is 2.16. The highest BCUT2D eigenvalue weighted by atomic mass is 32.2. The van der Waals surface area contributed by atoms with Crippen molar-refractivity contribution < 1.29 is 14.3 Å². The van der Waals surface area contributed by atoms with E-state index in [9.17, 15) is 9.18 Å². The predicted octanol–water partition coefficient (Wildman–Crippen LogP) is 4.51. The fourth-order valence-corrected chi connectivity index (χ4v) is 4.02. The van der Waals surface area contributed by atoms with E-state index < -0.39 is 5.97 Å². The van der Waals surface area contributed by atoms with Crippen molar-refractivity contribution in [3.8, 4) is 0 Å². The molecular formula is C21H19FN4O2S. The fraction of sp³-hybridized carbons (Fsp3) is 0.238. The molecule has 0 saturated carbocycles. The average molecular weight is 410 g/mol. The van der Waals surface area contributed by atoms with E-state index in [4.69, 9.17) is 5.11 Å². The molecule has 2 aromatic heterocycles. The van der Waals surface area contributed by atoms with Crippen LogP contribution in [0.15, 0.2) is 53.7 Å². The normalized spacial score (nSPS) is 11.3. The van der Waals surface area contributed by atoms with E-state index in [1.54, 1.807) is 6.07 Å². The maximum Gasteiger partial charge on any atom is 0.303 e. The van der Waals surface area contributed by atoms with Crippen LogP contribution in [-0.2, 0) is 11.3 Å². The molecule has 2 heterocycles. The molecule has 0 bridgehead atoms. The molecule has 0 aliphatic heterocycles. The van der Waals surface area contributed by atoms with E-state index in [0.717, 1.165) is 17.5 Å². The highest BCUT2D eigenvalue weighted by Crippen LogP contribution is 2.29. The zero-order valence-electron chi connectivity index (χ0n) is 15.6. The number of rotatable bonds is 8. The summed E-state index contributed by atoms with van der Waals surface area (Å²) < 4.78 is 15.9. The Morgan fingerprint density at radius 1 is 1.10 bits per heavy atom. The van der Waals surface area contributed by atoms with E-state index in [-0.39, 0.29) is 12.2 Å². The van der Waals surface area contributed by atoms with Gasteiger partial charge >= 0.3 is 5.97 Å². The molecule has 6 nitrogen and oxygen atoms in total. The smallest absolute Gasteiger partial charge is 0.303 e. The van der Waals surface area contributed by atoms with Gasteiger partial charge in [-0.05, 0) is 36.6 Å². The summed E-state index contributed by atoms with van der Waals surface area (Å²) >= 11 is 1.45. The Balaban J connectivity index is 1.67. The van der Waals surface area contributed by atoms with Gasteiger partial charge in [-0.3, -0.25) is 4.79 Å². The van der Waals surface area contributed by atoms with Crippen LogP contribution in [0.2, 0.25) is 0 Å². The van der Waals surface area contributed by atoms with Crippen molar-refractivity contribution in [2.75, 3.05) is 5.75 Å². The second-order valence-corrected chi connectivity index (χ2v) is 7.76. The molecule has 0 fully saturated rings. The number of hydrogen-bond acceptors (Lipinski definition) is 5. The minimum absolute atomic E-state index is 0.162. The average Bonchev–Trinajstić information content (AvgIpc) is 3.01. The first kappa shape index (κ1) is 19.3. The molecule has 1 N–H and O–H groups in total. The van der Waals surface area contributed by atoms with Gasteiger partial charge in [-0.25, -0.2) is 9.37 Å². The minimum Gasteiger partial charge on any atom is -0.481 e. The lowest BCUT2D eigenvalue weighted by molar-refractivity contribution is -0.137. The molecule has 0 spiro atoms. The van der Waals surface area contributed by atoms with Crippen LogP contribution in [-0.4, -0.2) is 36.6 Å². The van der Waals surface area contributed by atoms with E-state index in [2.05, 4.69) is 15.2 Å². The number of aromatic nitrogens is 4. The number of halogens is 1. The summed E-state index contributed by atoms with van der Waals surface area (Å²) in [5, 5.41) is 18.5. The standard InChI is InChI=1S/C21H19FN4O2S/c22-15-9-10-17-16(12-15)19-20(26(17)13-14-6-2-1-3-7-14)23-21(25-24-19)29-11-5-4-8-18(27)28/h1-3,6-7,9-10,12H,4-5,8,11,13H2,(H,27,28). The molecule has 0 radical (unpaired) electrons. The molecule has 0 aliphatic rings. The van der Waals surface area contributed by atoms with Gasteiger partial charge in [-0.2, -0.15) is 0 Å². The molecule has 8 heteroatoms. The van der Waals surface area contributed by atoms with Gasteiger partial charge in [0.25, 0.3) is 0 Å². The van der Waals surface area contributed by atoms with Crippen molar-refractivity contribution in [1.82, 2.24) is 19.7 Å². The monoisotopic (exact) mass is 410 g/mol. The van der Waals surface area contributed by atoms with E-state index in [1.165, 1.54) is 23.9 Å². The quantitative estimate of drug-likeness (QED) is 0.340. The molecule has 0 atom stereocenters. The third-order valence-corrected chi connectivity index (χ3v) is 5.53. The summed E-state index contributed by atoms with van der Waals surface area (Å²) in [6, 6.07) is 14.6. The SMILES string of the molecule is O=C(O)CCCCSc1nnc2c3cc(F)ccc3n(Cc3ccccc3)c2n1. The summed E-state index contributed by atoms with van der Waals surface area (Å²) in [4.78, 5) is 15.3. The minimum atomic E-state index is -0.785. The van der Waals surface area contributed by atoms with Gasteiger partial charge in [-0.15, -0.1) is 10.2 Å². The van der Waals surface area contributed by atoms with Crippen molar-refractivity contribution in [1.29, 1.82) is 0 Å². The predicted molar refractivity (Wildman–Crippen MR) is 111 cm³/mol. The first-order valence-electron chi connectivity index (χ1n) is 9.32. The van der Waals surface area contributed by atoms with Gasteiger partial charge in [0.15, 0.2) is 5.65 Å². The molecule has 0 saturated heterocycles. The van der Waals surface area contributed by atoms with Crippen LogP contribution in [0.3, 0.4) is 0 Å². The lowest BCUT2D eigenvalue weighted by atomic mass is 10.2. The van der Waals surface area contributed by atoms with Crippen LogP contribution in [0.25, 0.3) is 22.1 Å². The Kier molecular flexibility index (Phi) is 5.71. The van der Waals surface area contributed by atoms with Gasteiger partial charge in [0.05, 0.1) is 5.52 Å². The van der Waals surface area contributed by atoms with Gasteiger partial charge in [0, 0.05) is 24.1 Å². The molecule has 4 rings (SSSR count). The zero-order valence-corrected chi connectivity index (χ0v) is 16.4. The Hall–Kier alpha value is -3.00. The van der Waals surface area contributed by atoms with Gasteiger partial charge in [0.1, 0.15) is 11.3 Å². The summed E-state index contributed by atoms with van der Waals surface area (Å²) in [6.45, 7) is 0.591. The second kappa shape index (κ2) is 8.57. The van der Waals surface area contributed by atoms with Crippen LogP contribution in [0.1, 0.15) is 24.8 Å². The Labute approximate surface area is 170 Å². The second-order valence-electron chi connectivity index (χ2n) is 6.70. The molecular weight excluding hydrogens is 391 g/mol. The van der Waals surface area contributed by atoms with Crippen LogP contribution < -0.4 is 0 Å². The number of hydrogen-bond donors (Lipinski definition) is 1. The summed E-state index contributed by atoms with van der Waals surface area (Å²) in [5.41, 5.74) is 3.20. The first-order valence-corrected chi connectivity index (χ1v) is 10.3. The Morgan fingerprint density at radius 2 is 1.93 bits per heavy atom. The Morgan fingerprint density at radius 3 is 2.72 bits per heavy atom. The van der Waals surface area contributed by atoms with Crippen LogP contribution in [0.5, 0.6) is 0 Å². The summed E-state index contributed by atoms with van der Waals surface area (Å²) in [5.74, 6) is -0.393. The van der Waals surface area contributed by atoms with E-state index >= 15 is 0 Å². The highest BCUT2D eigenvalue weighted by molar-refractivity contribution is 7.99. The van der Waals surface area contributed by atoms with Crippen molar-refractivity contribution in [2.45, 2.75) is 31.0 Å². The van der Waals surface area contributed by atoms with Gasteiger partial charge in [-0.1, -0.05) is 42.1 Å². The Bertz CT molecular complexity index is 1160.